The standard InChI is InChI=1S/C20H28N4OS.HI/c1-5-12-25-18-9-7-6-8-16(18)13-23-20(21-4)22-11-10-17-14-26-19(24-17)15(2)3;/h5-9,14-15H,1,10-13H2,2-4H3,(H2,21,22,23);1H. The number of aliphatic imine (C=N–C) groups is 1. The Kier molecular flexibility index (Phi) is 11.0. The van der Waals surface area contributed by atoms with Crippen LogP contribution in [0.15, 0.2) is 47.3 Å². The van der Waals surface area contributed by atoms with Gasteiger partial charge in [-0.05, 0) is 6.07 Å². The lowest BCUT2D eigenvalue weighted by molar-refractivity contribution is 0.358. The number of aromatic nitrogens is 1. The minimum atomic E-state index is 0. The van der Waals surface area contributed by atoms with E-state index in [0.29, 0.717) is 19.1 Å². The fourth-order valence-corrected chi connectivity index (χ4v) is 3.22. The molecule has 0 radical (unpaired) electrons. The summed E-state index contributed by atoms with van der Waals surface area (Å²) in [5.41, 5.74) is 2.21. The lowest BCUT2D eigenvalue weighted by Gasteiger charge is -2.14. The summed E-state index contributed by atoms with van der Waals surface area (Å²) in [4.78, 5) is 8.94. The first kappa shape index (κ1) is 23.4. The minimum absolute atomic E-state index is 0. The molecule has 0 fully saturated rings. The molecule has 1 aromatic heterocycles. The van der Waals surface area contributed by atoms with Crippen LogP contribution >= 0.6 is 35.3 Å². The second-order valence-corrected chi connectivity index (χ2v) is 7.03. The Morgan fingerprint density at radius 1 is 1.33 bits per heavy atom. The molecule has 148 valence electrons. The van der Waals surface area contributed by atoms with Gasteiger partial charge in [0.05, 0.1) is 10.7 Å². The third kappa shape index (κ3) is 7.88. The molecule has 0 aliphatic carbocycles. The Morgan fingerprint density at radius 2 is 2.11 bits per heavy atom. The first-order chi connectivity index (χ1) is 12.6. The van der Waals surface area contributed by atoms with Gasteiger partial charge < -0.3 is 15.4 Å². The molecule has 0 unspecified atom stereocenters. The van der Waals surface area contributed by atoms with E-state index in [-0.39, 0.29) is 24.0 Å². The molecule has 2 N–H and O–H groups in total. The van der Waals surface area contributed by atoms with Gasteiger partial charge in [-0.3, -0.25) is 4.99 Å². The topological polar surface area (TPSA) is 58.5 Å². The predicted molar refractivity (Wildman–Crippen MR) is 126 cm³/mol. The first-order valence-corrected chi connectivity index (χ1v) is 9.72. The Bertz CT molecular complexity index is 730. The Hall–Kier alpha value is -1.61. The fourth-order valence-electron chi connectivity index (χ4n) is 2.35. The number of hydrogen-bond acceptors (Lipinski definition) is 4. The van der Waals surface area contributed by atoms with Crippen molar-refractivity contribution in [3.63, 3.8) is 0 Å². The van der Waals surface area contributed by atoms with Gasteiger partial charge in [0, 0.05) is 43.4 Å². The highest BCUT2D eigenvalue weighted by atomic mass is 127. The van der Waals surface area contributed by atoms with Crippen molar-refractivity contribution in [3.05, 3.63) is 58.6 Å². The molecule has 0 saturated carbocycles. The molecule has 5 nitrogen and oxygen atoms in total. The van der Waals surface area contributed by atoms with Crippen LogP contribution in [0.2, 0.25) is 0 Å². The lowest BCUT2D eigenvalue weighted by Crippen LogP contribution is -2.38. The molecule has 1 aromatic carbocycles. The van der Waals surface area contributed by atoms with Crippen LogP contribution in [0.1, 0.15) is 36.0 Å². The van der Waals surface area contributed by atoms with Gasteiger partial charge in [0.1, 0.15) is 12.4 Å². The lowest BCUT2D eigenvalue weighted by atomic mass is 10.2. The van der Waals surface area contributed by atoms with Gasteiger partial charge in [-0.15, -0.1) is 35.3 Å². The number of para-hydroxylation sites is 1. The summed E-state index contributed by atoms with van der Waals surface area (Å²) in [6.45, 7) is 9.95. The number of thiazole rings is 1. The van der Waals surface area contributed by atoms with E-state index in [1.54, 1.807) is 24.5 Å². The predicted octanol–water partition coefficient (Wildman–Crippen LogP) is 4.36. The maximum atomic E-state index is 5.69. The number of guanidine groups is 1. The number of ether oxygens (including phenoxy) is 1. The Labute approximate surface area is 183 Å². The van der Waals surface area contributed by atoms with Gasteiger partial charge in [0.25, 0.3) is 0 Å². The highest BCUT2D eigenvalue weighted by Crippen LogP contribution is 2.19. The summed E-state index contributed by atoms with van der Waals surface area (Å²) in [6, 6.07) is 7.98. The summed E-state index contributed by atoms with van der Waals surface area (Å²) in [6.07, 6.45) is 2.62. The van der Waals surface area contributed by atoms with Gasteiger partial charge in [0.15, 0.2) is 5.96 Å². The van der Waals surface area contributed by atoms with Gasteiger partial charge >= 0.3 is 0 Å². The molecule has 0 aliphatic heterocycles. The SMILES string of the molecule is C=CCOc1ccccc1CNC(=NC)NCCc1csc(C(C)C)n1.I. The van der Waals surface area contributed by atoms with E-state index in [9.17, 15) is 0 Å². The number of benzene rings is 1. The van der Waals surface area contributed by atoms with Crippen molar-refractivity contribution in [2.75, 3.05) is 20.2 Å². The second-order valence-electron chi connectivity index (χ2n) is 6.14. The van der Waals surface area contributed by atoms with E-state index in [1.807, 2.05) is 24.3 Å². The molecular weight excluding hydrogens is 471 g/mol. The molecule has 1 heterocycles. The van der Waals surface area contributed by atoms with Crippen LogP contribution in [0.5, 0.6) is 5.75 Å². The van der Waals surface area contributed by atoms with E-state index >= 15 is 0 Å². The average Bonchev–Trinajstić information content (AvgIpc) is 3.12. The summed E-state index contributed by atoms with van der Waals surface area (Å²) in [7, 11) is 1.77. The van der Waals surface area contributed by atoms with Gasteiger partial charge in [0.2, 0.25) is 0 Å². The molecule has 2 aromatic rings. The molecule has 0 bridgehead atoms. The Balaban J connectivity index is 0.00000364. The maximum Gasteiger partial charge on any atom is 0.191 e. The van der Waals surface area contributed by atoms with E-state index < -0.39 is 0 Å². The van der Waals surface area contributed by atoms with Crippen molar-refractivity contribution >= 4 is 41.3 Å². The van der Waals surface area contributed by atoms with E-state index in [0.717, 1.165) is 35.9 Å². The zero-order chi connectivity index (χ0) is 18.8. The van der Waals surface area contributed by atoms with Crippen LogP contribution < -0.4 is 15.4 Å². The van der Waals surface area contributed by atoms with Crippen LogP contribution in [-0.4, -0.2) is 31.1 Å². The number of halogens is 1. The molecule has 0 saturated heterocycles. The van der Waals surface area contributed by atoms with Crippen LogP contribution in [-0.2, 0) is 13.0 Å². The van der Waals surface area contributed by atoms with Crippen molar-refractivity contribution in [1.82, 2.24) is 15.6 Å². The van der Waals surface area contributed by atoms with Crippen LogP contribution in [0, 0.1) is 0 Å². The number of nitrogens with zero attached hydrogens (tertiary/aromatic N) is 2. The molecule has 0 aliphatic rings. The minimum Gasteiger partial charge on any atom is -0.489 e. The van der Waals surface area contributed by atoms with Crippen molar-refractivity contribution in [1.29, 1.82) is 0 Å². The normalized spacial score (nSPS) is 11.0. The molecule has 27 heavy (non-hydrogen) atoms. The molecule has 2 rings (SSSR count). The van der Waals surface area contributed by atoms with Gasteiger partial charge in [-0.1, -0.05) is 44.7 Å². The number of rotatable bonds is 9. The highest BCUT2D eigenvalue weighted by Gasteiger charge is 2.07. The summed E-state index contributed by atoms with van der Waals surface area (Å²) in [5.74, 6) is 2.11. The number of nitrogens with one attached hydrogen (secondary N) is 2. The summed E-state index contributed by atoms with van der Waals surface area (Å²) >= 11 is 1.73. The molecule has 0 amide bonds. The van der Waals surface area contributed by atoms with Crippen LogP contribution in [0.4, 0.5) is 0 Å². The van der Waals surface area contributed by atoms with E-state index in [2.05, 4.69) is 46.4 Å². The molecule has 7 heteroatoms. The molecule has 0 atom stereocenters. The summed E-state index contributed by atoms with van der Waals surface area (Å²) in [5, 5.41) is 10.00. The summed E-state index contributed by atoms with van der Waals surface area (Å²) < 4.78 is 5.69. The molecule has 0 spiro atoms. The zero-order valence-electron chi connectivity index (χ0n) is 16.2. The first-order valence-electron chi connectivity index (χ1n) is 8.84. The quantitative estimate of drug-likeness (QED) is 0.233. The van der Waals surface area contributed by atoms with Crippen molar-refractivity contribution in [2.45, 2.75) is 32.7 Å². The zero-order valence-corrected chi connectivity index (χ0v) is 19.3. The largest absolute Gasteiger partial charge is 0.489 e. The second kappa shape index (κ2) is 12.7. The Morgan fingerprint density at radius 3 is 2.78 bits per heavy atom. The number of hydrogen-bond donors (Lipinski definition) is 2. The highest BCUT2D eigenvalue weighted by molar-refractivity contribution is 14.0. The third-order valence-electron chi connectivity index (χ3n) is 3.74. The average molecular weight is 500 g/mol. The molecular formula is C20H29IN4OS. The smallest absolute Gasteiger partial charge is 0.191 e. The van der Waals surface area contributed by atoms with Crippen molar-refractivity contribution < 1.29 is 4.74 Å². The third-order valence-corrected chi connectivity index (χ3v) is 4.93. The van der Waals surface area contributed by atoms with E-state index in [1.165, 1.54) is 5.01 Å². The van der Waals surface area contributed by atoms with Crippen molar-refractivity contribution in [2.24, 2.45) is 4.99 Å². The fraction of sp³-hybridized carbons (Fsp3) is 0.400. The van der Waals surface area contributed by atoms with E-state index in [4.69, 9.17) is 4.74 Å². The van der Waals surface area contributed by atoms with Crippen LogP contribution in [0.25, 0.3) is 0 Å². The maximum absolute atomic E-state index is 5.69. The van der Waals surface area contributed by atoms with Gasteiger partial charge in [-0.2, -0.15) is 0 Å². The van der Waals surface area contributed by atoms with Gasteiger partial charge in [-0.25, -0.2) is 4.98 Å². The monoisotopic (exact) mass is 500 g/mol. The van der Waals surface area contributed by atoms with Crippen LogP contribution in [0.3, 0.4) is 0 Å². The van der Waals surface area contributed by atoms with Crippen molar-refractivity contribution in [3.8, 4) is 5.75 Å².